The first-order valence-electron chi connectivity index (χ1n) is 7.37. The molecule has 1 aromatic rings. The molecule has 1 amide bonds. The van der Waals surface area contributed by atoms with Crippen molar-refractivity contribution in [3.05, 3.63) is 18.0 Å². The molecule has 0 N–H and O–H groups in total. The molecule has 0 aliphatic carbocycles. The fraction of sp³-hybridized carbons (Fsp3) is 0.667. The Morgan fingerprint density at radius 1 is 1.43 bits per heavy atom. The normalized spacial score (nSPS) is 10.7. The molecule has 6 nitrogen and oxygen atoms in total. The van der Waals surface area contributed by atoms with Crippen LogP contribution in [0.5, 0.6) is 0 Å². The Hall–Kier alpha value is -1.85. The van der Waals surface area contributed by atoms with Crippen molar-refractivity contribution in [2.45, 2.75) is 46.8 Å². The number of carbonyl (C=O) groups is 2. The second kappa shape index (κ2) is 8.44. The summed E-state index contributed by atoms with van der Waals surface area (Å²) in [5.74, 6) is -0.201. The maximum absolute atomic E-state index is 11.5. The predicted molar refractivity (Wildman–Crippen MR) is 79.4 cm³/mol. The van der Waals surface area contributed by atoms with Crippen LogP contribution in [0.15, 0.2) is 12.3 Å². The molecule has 0 bridgehead atoms. The maximum Gasteiger partial charge on any atom is 0.308 e. The third kappa shape index (κ3) is 5.57. The van der Waals surface area contributed by atoms with E-state index in [9.17, 15) is 9.59 Å². The highest BCUT2D eigenvalue weighted by Crippen LogP contribution is 2.06. The Morgan fingerprint density at radius 3 is 2.76 bits per heavy atom. The van der Waals surface area contributed by atoms with Crippen LogP contribution in [0.2, 0.25) is 0 Å². The Balaban J connectivity index is 2.41. The summed E-state index contributed by atoms with van der Waals surface area (Å²) in [6, 6.07) is 1.84. The minimum absolute atomic E-state index is 0.130. The van der Waals surface area contributed by atoms with Gasteiger partial charge < -0.3 is 9.64 Å². The van der Waals surface area contributed by atoms with Crippen molar-refractivity contribution in [2.24, 2.45) is 5.92 Å². The smallest absolute Gasteiger partial charge is 0.308 e. The number of hydrogen-bond donors (Lipinski definition) is 0. The molecule has 1 rings (SSSR count). The molecular weight excluding hydrogens is 270 g/mol. The summed E-state index contributed by atoms with van der Waals surface area (Å²) < 4.78 is 7.02. The summed E-state index contributed by atoms with van der Waals surface area (Å²) in [6.07, 6.45) is 3.03. The fourth-order valence-corrected chi connectivity index (χ4v) is 1.85. The number of hydrogen-bond acceptors (Lipinski definition) is 4. The van der Waals surface area contributed by atoms with Crippen LogP contribution in [0, 0.1) is 5.92 Å². The van der Waals surface area contributed by atoms with E-state index in [-0.39, 0.29) is 24.4 Å². The molecular formula is C15H25N3O3. The first-order chi connectivity index (χ1) is 9.95. The fourth-order valence-electron chi connectivity index (χ4n) is 1.85. The van der Waals surface area contributed by atoms with Crippen LogP contribution in [0.4, 0.5) is 0 Å². The third-order valence-corrected chi connectivity index (χ3v) is 3.23. The lowest BCUT2D eigenvalue weighted by molar-refractivity contribution is -0.148. The number of aromatic nitrogens is 2. The lowest BCUT2D eigenvalue weighted by Crippen LogP contribution is -2.27. The molecule has 0 unspecified atom stereocenters. The quantitative estimate of drug-likeness (QED) is 0.686. The highest BCUT2D eigenvalue weighted by molar-refractivity contribution is 5.75. The molecule has 6 heteroatoms. The molecule has 0 radical (unpaired) electrons. The highest BCUT2D eigenvalue weighted by atomic mass is 16.5. The summed E-state index contributed by atoms with van der Waals surface area (Å²) in [5.41, 5.74) is 0.869. The van der Waals surface area contributed by atoms with Gasteiger partial charge in [-0.1, -0.05) is 20.8 Å². The van der Waals surface area contributed by atoms with Crippen molar-refractivity contribution in [2.75, 3.05) is 13.6 Å². The zero-order valence-electron chi connectivity index (χ0n) is 13.3. The van der Waals surface area contributed by atoms with Gasteiger partial charge in [0.2, 0.25) is 5.91 Å². The number of rotatable bonds is 8. The molecule has 0 aromatic carbocycles. The van der Waals surface area contributed by atoms with Gasteiger partial charge in [0, 0.05) is 32.8 Å². The van der Waals surface area contributed by atoms with Crippen molar-refractivity contribution in [1.29, 1.82) is 0 Å². The SMILES string of the molecule is CCC(=O)N(C)CCCn1nccc1COC(=O)C(C)C. The van der Waals surface area contributed by atoms with Gasteiger partial charge in [-0.3, -0.25) is 14.3 Å². The van der Waals surface area contributed by atoms with E-state index in [1.807, 2.05) is 17.7 Å². The van der Waals surface area contributed by atoms with Crippen LogP contribution in [-0.2, 0) is 27.5 Å². The van der Waals surface area contributed by atoms with Gasteiger partial charge >= 0.3 is 5.97 Å². The summed E-state index contributed by atoms with van der Waals surface area (Å²) in [7, 11) is 1.81. The van der Waals surface area contributed by atoms with Gasteiger partial charge in [0.1, 0.15) is 6.61 Å². The topological polar surface area (TPSA) is 64.4 Å². The molecule has 0 fully saturated rings. The number of nitrogens with zero attached hydrogens (tertiary/aromatic N) is 3. The minimum Gasteiger partial charge on any atom is -0.459 e. The largest absolute Gasteiger partial charge is 0.459 e. The van der Waals surface area contributed by atoms with Crippen molar-refractivity contribution >= 4 is 11.9 Å². The molecule has 0 aliphatic heterocycles. The average Bonchev–Trinajstić information content (AvgIpc) is 2.90. The standard InChI is InChI=1S/C15H25N3O3/c1-5-14(19)17(4)9-6-10-18-13(7-8-16-18)11-21-15(20)12(2)3/h7-8,12H,5-6,9-11H2,1-4H3. The molecule has 118 valence electrons. The van der Waals surface area contributed by atoms with Gasteiger partial charge in [0.25, 0.3) is 0 Å². The van der Waals surface area contributed by atoms with E-state index in [0.29, 0.717) is 19.5 Å². The number of carbonyl (C=O) groups excluding carboxylic acids is 2. The van der Waals surface area contributed by atoms with Gasteiger partial charge in [-0.15, -0.1) is 0 Å². The molecule has 0 atom stereocenters. The van der Waals surface area contributed by atoms with E-state index in [2.05, 4.69) is 5.10 Å². The number of aryl methyl sites for hydroxylation is 1. The van der Waals surface area contributed by atoms with Gasteiger partial charge in [-0.05, 0) is 12.5 Å². The van der Waals surface area contributed by atoms with E-state index in [0.717, 1.165) is 12.1 Å². The summed E-state index contributed by atoms with van der Waals surface area (Å²) in [6.45, 7) is 7.09. The van der Waals surface area contributed by atoms with Gasteiger partial charge in [-0.2, -0.15) is 5.10 Å². The Kier molecular flexibility index (Phi) is 6.91. The van der Waals surface area contributed by atoms with E-state index < -0.39 is 0 Å². The van der Waals surface area contributed by atoms with Crippen LogP contribution in [-0.4, -0.2) is 40.1 Å². The summed E-state index contributed by atoms with van der Waals surface area (Å²) >= 11 is 0. The van der Waals surface area contributed by atoms with Gasteiger partial charge in [-0.25, -0.2) is 0 Å². The van der Waals surface area contributed by atoms with Crippen LogP contribution >= 0.6 is 0 Å². The molecule has 0 spiro atoms. The second-order valence-corrected chi connectivity index (χ2v) is 5.33. The zero-order chi connectivity index (χ0) is 15.8. The van der Waals surface area contributed by atoms with E-state index in [4.69, 9.17) is 4.74 Å². The maximum atomic E-state index is 11.5. The molecule has 0 aliphatic rings. The summed E-state index contributed by atoms with van der Waals surface area (Å²) in [4.78, 5) is 24.6. The zero-order valence-corrected chi connectivity index (χ0v) is 13.3. The van der Waals surface area contributed by atoms with Crippen molar-refractivity contribution in [3.8, 4) is 0 Å². The predicted octanol–water partition coefficient (Wildman–Crippen LogP) is 1.84. The van der Waals surface area contributed by atoms with E-state index in [1.165, 1.54) is 0 Å². The second-order valence-electron chi connectivity index (χ2n) is 5.33. The number of ether oxygens (including phenoxy) is 1. The Morgan fingerprint density at radius 2 is 2.14 bits per heavy atom. The van der Waals surface area contributed by atoms with Crippen LogP contribution < -0.4 is 0 Å². The van der Waals surface area contributed by atoms with Crippen LogP contribution in [0.3, 0.4) is 0 Å². The molecule has 1 aromatic heterocycles. The van der Waals surface area contributed by atoms with Crippen LogP contribution in [0.25, 0.3) is 0 Å². The summed E-state index contributed by atoms with van der Waals surface area (Å²) in [5, 5.41) is 4.22. The lowest BCUT2D eigenvalue weighted by atomic mass is 10.2. The van der Waals surface area contributed by atoms with Crippen molar-refractivity contribution in [1.82, 2.24) is 14.7 Å². The first-order valence-corrected chi connectivity index (χ1v) is 7.37. The highest BCUT2D eigenvalue weighted by Gasteiger charge is 2.11. The number of esters is 1. The first kappa shape index (κ1) is 17.2. The lowest BCUT2D eigenvalue weighted by Gasteiger charge is -2.16. The minimum atomic E-state index is -0.212. The van der Waals surface area contributed by atoms with Crippen LogP contribution in [0.1, 0.15) is 39.3 Å². The average molecular weight is 295 g/mol. The monoisotopic (exact) mass is 295 g/mol. The van der Waals surface area contributed by atoms with Gasteiger partial charge in [0.15, 0.2) is 0 Å². The molecule has 1 heterocycles. The van der Waals surface area contributed by atoms with Crippen molar-refractivity contribution < 1.29 is 14.3 Å². The molecule has 0 saturated heterocycles. The molecule has 21 heavy (non-hydrogen) atoms. The van der Waals surface area contributed by atoms with Crippen molar-refractivity contribution in [3.63, 3.8) is 0 Å². The Labute approximate surface area is 126 Å². The Bertz CT molecular complexity index is 468. The number of amides is 1. The molecule has 0 saturated carbocycles. The third-order valence-electron chi connectivity index (χ3n) is 3.23. The van der Waals surface area contributed by atoms with E-state index >= 15 is 0 Å². The van der Waals surface area contributed by atoms with E-state index in [1.54, 1.807) is 32.0 Å². The van der Waals surface area contributed by atoms with Gasteiger partial charge in [0.05, 0.1) is 11.6 Å².